The van der Waals surface area contributed by atoms with E-state index in [0.29, 0.717) is 6.42 Å². The van der Waals surface area contributed by atoms with Crippen LogP contribution in [0.25, 0.3) is 0 Å². The van der Waals surface area contributed by atoms with Crippen molar-refractivity contribution < 1.29 is 9.90 Å². The number of aliphatic carboxylic acids is 1. The average molecular weight is 210 g/mol. The Morgan fingerprint density at radius 3 is 2.79 bits per heavy atom. The van der Waals surface area contributed by atoms with Gasteiger partial charge in [0.1, 0.15) is 0 Å². The van der Waals surface area contributed by atoms with Gasteiger partial charge in [-0.05, 0) is 31.2 Å². The molecule has 1 aromatic carbocycles. The highest BCUT2D eigenvalue weighted by Crippen LogP contribution is 2.22. The minimum absolute atomic E-state index is 0.205. The second-order valence-electron chi connectivity index (χ2n) is 3.21. The first-order chi connectivity index (χ1) is 6.63. The fourth-order valence-electron chi connectivity index (χ4n) is 1.34. The van der Waals surface area contributed by atoms with Crippen molar-refractivity contribution in [2.75, 3.05) is 6.26 Å². The zero-order valence-electron chi connectivity index (χ0n) is 8.41. The number of hydrogen-bond donors (Lipinski definition) is 1. The smallest absolute Gasteiger partial charge is 0.303 e. The van der Waals surface area contributed by atoms with Gasteiger partial charge in [0, 0.05) is 11.3 Å². The molecule has 0 aliphatic carbocycles. The van der Waals surface area contributed by atoms with E-state index in [1.54, 1.807) is 11.8 Å². The van der Waals surface area contributed by atoms with Gasteiger partial charge in [-0.15, -0.1) is 11.8 Å². The third-order valence-electron chi connectivity index (χ3n) is 2.04. The average Bonchev–Trinajstić information content (AvgIpc) is 2.15. The summed E-state index contributed by atoms with van der Waals surface area (Å²) in [5.41, 5.74) is 2.32. The Kier molecular flexibility index (Phi) is 4.01. The van der Waals surface area contributed by atoms with Crippen LogP contribution >= 0.6 is 11.8 Å². The molecule has 0 aromatic heterocycles. The van der Waals surface area contributed by atoms with Gasteiger partial charge in [0.25, 0.3) is 0 Å². The van der Waals surface area contributed by atoms with Crippen LogP contribution in [-0.2, 0) is 11.2 Å². The van der Waals surface area contributed by atoms with Crippen molar-refractivity contribution in [1.82, 2.24) is 0 Å². The van der Waals surface area contributed by atoms with Crippen LogP contribution in [0.3, 0.4) is 0 Å². The largest absolute Gasteiger partial charge is 0.481 e. The molecule has 0 saturated carbocycles. The summed E-state index contributed by atoms with van der Waals surface area (Å²) in [6, 6.07) is 6.17. The molecular weight excluding hydrogens is 196 g/mol. The summed E-state index contributed by atoms with van der Waals surface area (Å²) in [5, 5.41) is 8.60. The quantitative estimate of drug-likeness (QED) is 0.776. The predicted molar refractivity (Wildman–Crippen MR) is 58.9 cm³/mol. The van der Waals surface area contributed by atoms with Gasteiger partial charge in [-0.25, -0.2) is 0 Å². The van der Waals surface area contributed by atoms with Crippen molar-refractivity contribution in [2.24, 2.45) is 0 Å². The normalized spacial score (nSPS) is 10.1. The molecule has 0 unspecified atom stereocenters. The highest BCUT2D eigenvalue weighted by molar-refractivity contribution is 7.98. The summed E-state index contributed by atoms with van der Waals surface area (Å²) in [5.74, 6) is -0.737. The highest BCUT2D eigenvalue weighted by atomic mass is 32.2. The van der Waals surface area contributed by atoms with E-state index < -0.39 is 5.97 Å². The van der Waals surface area contributed by atoms with Gasteiger partial charge in [0.2, 0.25) is 0 Å². The van der Waals surface area contributed by atoms with E-state index in [2.05, 4.69) is 18.2 Å². The zero-order valence-corrected chi connectivity index (χ0v) is 9.23. The molecular formula is C11H14O2S. The second-order valence-corrected chi connectivity index (χ2v) is 4.06. The van der Waals surface area contributed by atoms with E-state index in [1.807, 2.05) is 13.2 Å². The maximum Gasteiger partial charge on any atom is 0.303 e. The summed E-state index contributed by atoms with van der Waals surface area (Å²) in [4.78, 5) is 11.6. The SMILES string of the molecule is CSc1ccc(C)cc1CCC(=O)O. The number of carboxylic acid groups (broad SMARTS) is 1. The lowest BCUT2D eigenvalue weighted by Gasteiger charge is -2.06. The molecule has 0 atom stereocenters. The lowest BCUT2D eigenvalue weighted by molar-refractivity contribution is -0.136. The first-order valence-electron chi connectivity index (χ1n) is 4.49. The molecule has 3 heteroatoms. The van der Waals surface area contributed by atoms with Crippen molar-refractivity contribution >= 4 is 17.7 Å². The molecule has 2 nitrogen and oxygen atoms in total. The van der Waals surface area contributed by atoms with E-state index in [4.69, 9.17) is 5.11 Å². The molecule has 14 heavy (non-hydrogen) atoms. The van der Waals surface area contributed by atoms with Gasteiger partial charge < -0.3 is 5.11 Å². The molecule has 0 bridgehead atoms. The Morgan fingerprint density at radius 2 is 2.21 bits per heavy atom. The summed E-state index contributed by atoms with van der Waals surface area (Å²) in [7, 11) is 0. The second kappa shape index (κ2) is 5.05. The Morgan fingerprint density at radius 1 is 1.50 bits per heavy atom. The maximum atomic E-state index is 10.5. The van der Waals surface area contributed by atoms with Crippen LogP contribution in [0.2, 0.25) is 0 Å². The Labute approximate surface area is 88.3 Å². The Bertz CT molecular complexity index is 334. The summed E-state index contributed by atoms with van der Waals surface area (Å²) >= 11 is 1.66. The monoisotopic (exact) mass is 210 g/mol. The van der Waals surface area contributed by atoms with E-state index >= 15 is 0 Å². The van der Waals surface area contributed by atoms with Crippen LogP contribution in [0.4, 0.5) is 0 Å². The zero-order chi connectivity index (χ0) is 10.6. The lowest BCUT2D eigenvalue weighted by Crippen LogP contribution is -1.98. The number of carboxylic acids is 1. The molecule has 0 radical (unpaired) electrons. The molecule has 1 rings (SSSR count). The van der Waals surface area contributed by atoms with Gasteiger partial charge in [-0.3, -0.25) is 4.79 Å². The molecule has 0 fully saturated rings. The highest BCUT2D eigenvalue weighted by Gasteiger charge is 2.04. The van der Waals surface area contributed by atoms with E-state index in [1.165, 1.54) is 10.5 Å². The molecule has 1 N–H and O–H groups in total. The molecule has 0 aliphatic rings. The standard InChI is InChI=1S/C11H14O2S/c1-8-3-5-10(14-2)9(7-8)4-6-11(12)13/h3,5,7H,4,6H2,1-2H3,(H,12,13). The van der Waals surface area contributed by atoms with Crippen LogP contribution < -0.4 is 0 Å². The number of rotatable bonds is 4. The van der Waals surface area contributed by atoms with Gasteiger partial charge in [-0.2, -0.15) is 0 Å². The Balaban J connectivity index is 2.82. The maximum absolute atomic E-state index is 10.5. The fraction of sp³-hybridized carbons (Fsp3) is 0.364. The number of aryl methyl sites for hydroxylation is 2. The van der Waals surface area contributed by atoms with E-state index in [9.17, 15) is 4.79 Å². The first kappa shape index (κ1) is 11.1. The van der Waals surface area contributed by atoms with Crippen molar-refractivity contribution in [3.05, 3.63) is 29.3 Å². The molecule has 0 aliphatic heterocycles. The molecule has 1 aromatic rings. The minimum Gasteiger partial charge on any atom is -0.481 e. The van der Waals surface area contributed by atoms with E-state index in [-0.39, 0.29) is 6.42 Å². The van der Waals surface area contributed by atoms with Crippen LogP contribution in [0.1, 0.15) is 17.5 Å². The molecule has 0 spiro atoms. The van der Waals surface area contributed by atoms with Crippen molar-refractivity contribution in [2.45, 2.75) is 24.7 Å². The number of carbonyl (C=O) groups is 1. The molecule has 0 amide bonds. The van der Waals surface area contributed by atoms with Crippen LogP contribution in [-0.4, -0.2) is 17.3 Å². The molecule has 0 saturated heterocycles. The van der Waals surface area contributed by atoms with Gasteiger partial charge >= 0.3 is 5.97 Å². The van der Waals surface area contributed by atoms with Crippen LogP contribution in [0, 0.1) is 6.92 Å². The molecule has 76 valence electrons. The summed E-state index contributed by atoms with van der Waals surface area (Å²) in [6.45, 7) is 2.02. The minimum atomic E-state index is -0.737. The van der Waals surface area contributed by atoms with Crippen LogP contribution in [0.5, 0.6) is 0 Å². The number of benzene rings is 1. The van der Waals surface area contributed by atoms with Crippen molar-refractivity contribution in [3.8, 4) is 0 Å². The van der Waals surface area contributed by atoms with Gasteiger partial charge in [0.05, 0.1) is 0 Å². The van der Waals surface area contributed by atoms with Gasteiger partial charge in [0.15, 0.2) is 0 Å². The number of thioether (sulfide) groups is 1. The summed E-state index contributed by atoms with van der Waals surface area (Å²) < 4.78 is 0. The number of hydrogen-bond acceptors (Lipinski definition) is 2. The first-order valence-corrected chi connectivity index (χ1v) is 5.71. The topological polar surface area (TPSA) is 37.3 Å². The van der Waals surface area contributed by atoms with Crippen molar-refractivity contribution in [3.63, 3.8) is 0 Å². The van der Waals surface area contributed by atoms with Gasteiger partial charge in [-0.1, -0.05) is 17.7 Å². The summed E-state index contributed by atoms with van der Waals surface area (Å²) in [6.07, 6.45) is 2.83. The Hall–Kier alpha value is -0.960. The molecule has 0 heterocycles. The lowest BCUT2D eigenvalue weighted by atomic mass is 10.1. The van der Waals surface area contributed by atoms with Crippen LogP contribution in [0.15, 0.2) is 23.1 Å². The third kappa shape index (κ3) is 3.07. The van der Waals surface area contributed by atoms with E-state index in [0.717, 1.165) is 5.56 Å². The predicted octanol–water partition coefficient (Wildman–Crippen LogP) is 2.73. The fourth-order valence-corrected chi connectivity index (χ4v) is 1.97. The third-order valence-corrected chi connectivity index (χ3v) is 2.88. The van der Waals surface area contributed by atoms with Crippen molar-refractivity contribution in [1.29, 1.82) is 0 Å².